The van der Waals surface area contributed by atoms with Gasteiger partial charge in [-0.2, -0.15) is 0 Å². The Morgan fingerprint density at radius 1 is 1.00 bits per heavy atom. The molecule has 0 spiro atoms. The number of rotatable bonds is 3. The number of fused-ring (bicyclic) bond motifs is 1. The molecule has 5 nitrogen and oxygen atoms in total. The zero-order chi connectivity index (χ0) is 17.6. The number of anilines is 1. The SMILES string of the molecule is CCN1C(=O)[C@H]2[C@H](ON(c3ccc(Cl)cc3)[C@@H]2c2ccccc2)C1=O. The Hall–Kier alpha value is -2.37. The highest BCUT2D eigenvalue weighted by atomic mass is 35.5. The molecule has 0 radical (unpaired) electrons. The summed E-state index contributed by atoms with van der Waals surface area (Å²) in [6, 6.07) is 16.5. The van der Waals surface area contributed by atoms with Gasteiger partial charge >= 0.3 is 0 Å². The van der Waals surface area contributed by atoms with Crippen LogP contribution in [0.4, 0.5) is 5.69 Å². The normalized spacial score (nSPS) is 25.6. The number of amides is 2. The van der Waals surface area contributed by atoms with Gasteiger partial charge in [0.15, 0.2) is 6.10 Å². The van der Waals surface area contributed by atoms with Crippen molar-refractivity contribution in [3.05, 3.63) is 65.2 Å². The molecular weight excluding hydrogens is 340 g/mol. The highest BCUT2D eigenvalue weighted by Crippen LogP contribution is 2.46. The Morgan fingerprint density at radius 2 is 1.68 bits per heavy atom. The van der Waals surface area contributed by atoms with Crippen LogP contribution in [0.25, 0.3) is 0 Å². The molecule has 2 aromatic carbocycles. The predicted molar refractivity (Wildman–Crippen MR) is 93.9 cm³/mol. The average Bonchev–Trinajstić information content (AvgIpc) is 3.13. The van der Waals surface area contributed by atoms with Crippen molar-refractivity contribution in [1.29, 1.82) is 0 Å². The van der Waals surface area contributed by atoms with Crippen molar-refractivity contribution in [2.75, 3.05) is 11.6 Å². The van der Waals surface area contributed by atoms with E-state index in [0.717, 1.165) is 11.3 Å². The van der Waals surface area contributed by atoms with Gasteiger partial charge in [-0.25, -0.2) is 5.06 Å². The van der Waals surface area contributed by atoms with Crippen LogP contribution in [0, 0.1) is 5.92 Å². The first-order valence-corrected chi connectivity index (χ1v) is 8.61. The molecule has 2 aromatic rings. The maximum absolute atomic E-state index is 12.8. The Balaban J connectivity index is 1.79. The minimum absolute atomic E-state index is 0.178. The first-order chi connectivity index (χ1) is 12.1. The van der Waals surface area contributed by atoms with Crippen LogP contribution in [0.3, 0.4) is 0 Å². The van der Waals surface area contributed by atoms with Crippen molar-refractivity contribution >= 4 is 29.1 Å². The molecule has 2 fully saturated rings. The van der Waals surface area contributed by atoms with Gasteiger partial charge in [-0.1, -0.05) is 41.9 Å². The van der Waals surface area contributed by atoms with Gasteiger partial charge in [-0.15, -0.1) is 0 Å². The van der Waals surface area contributed by atoms with E-state index >= 15 is 0 Å². The van der Waals surface area contributed by atoms with Gasteiger partial charge in [0.1, 0.15) is 5.92 Å². The number of likely N-dealkylation sites (N-methyl/N-ethyl adjacent to an activating group) is 1. The number of carbonyl (C=O) groups is 2. The minimum Gasteiger partial charge on any atom is -0.280 e. The number of hydroxylamine groups is 1. The molecular formula is C19H17ClN2O3. The molecule has 0 N–H and O–H groups in total. The molecule has 25 heavy (non-hydrogen) atoms. The molecule has 4 rings (SSSR count). The first-order valence-electron chi connectivity index (χ1n) is 8.23. The third kappa shape index (κ3) is 2.51. The lowest BCUT2D eigenvalue weighted by Gasteiger charge is -2.28. The third-order valence-corrected chi connectivity index (χ3v) is 5.00. The molecule has 0 aliphatic carbocycles. The number of halogens is 1. The number of hydrogen-bond donors (Lipinski definition) is 0. The molecule has 0 unspecified atom stereocenters. The van der Waals surface area contributed by atoms with Crippen LogP contribution in [0.5, 0.6) is 0 Å². The van der Waals surface area contributed by atoms with Crippen LogP contribution < -0.4 is 5.06 Å². The largest absolute Gasteiger partial charge is 0.280 e. The number of imide groups is 1. The molecule has 128 valence electrons. The summed E-state index contributed by atoms with van der Waals surface area (Å²) in [7, 11) is 0. The predicted octanol–water partition coefficient (Wildman–Crippen LogP) is 3.21. The van der Waals surface area contributed by atoms with Gasteiger partial charge in [-0.05, 0) is 36.8 Å². The van der Waals surface area contributed by atoms with Crippen molar-refractivity contribution in [3.8, 4) is 0 Å². The summed E-state index contributed by atoms with van der Waals surface area (Å²) in [5.74, 6) is -0.997. The van der Waals surface area contributed by atoms with Gasteiger partial charge in [0.05, 0.1) is 11.7 Å². The number of hydrogen-bond acceptors (Lipinski definition) is 4. The van der Waals surface area contributed by atoms with Gasteiger partial charge in [0.25, 0.3) is 5.91 Å². The smallest absolute Gasteiger partial charge is 0.261 e. The Bertz CT molecular complexity index is 809. The van der Waals surface area contributed by atoms with E-state index in [1.54, 1.807) is 24.1 Å². The van der Waals surface area contributed by atoms with Crippen LogP contribution >= 0.6 is 11.6 Å². The number of carbonyl (C=O) groups excluding carboxylic acids is 2. The van der Waals surface area contributed by atoms with Crippen molar-refractivity contribution < 1.29 is 14.4 Å². The Labute approximate surface area is 150 Å². The fourth-order valence-electron chi connectivity index (χ4n) is 3.58. The highest BCUT2D eigenvalue weighted by molar-refractivity contribution is 6.30. The molecule has 0 aromatic heterocycles. The van der Waals surface area contributed by atoms with Crippen LogP contribution in [-0.2, 0) is 14.4 Å². The summed E-state index contributed by atoms with van der Waals surface area (Å²) in [6.07, 6.45) is -0.784. The van der Waals surface area contributed by atoms with E-state index in [9.17, 15) is 9.59 Å². The lowest BCUT2D eigenvalue weighted by Crippen LogP contribution is -2.37. The average molecular weight is 357 g/mol. The topological polar surface area (TPSA) is 49.9 Å². The molecule has 0 bridgehead atoms. The summed E-state index contributed by atoms with van der Waals surface area (Å²) in [5, 5.41) is 2.28. The molecule has 2 heterocycles. The highest BCUT2D eigenvalue weighted by Gasteiger charge is 2.59. The van der Waals surface area contributed by atoms with Crippen LogP contribution in [0.15, 0.2) is 54.6 Å². The molecule has 3 atom stereocenters. The zero-order valence-corrected chi connectivity index (χ0v) is 14.4. The molecule has 0 saturated carbocycles. The van der Waals surface area contributed by atoms with Crippen molar-refractivity contribution in [1.82, 2.24) is 4.90 Å². The van der Waals surface area contributed by atoms with E-state index in [-0.39, 0.29) is 17.9 Å². The summed E-state index contributed by atoms with van der Waals surface area (Å²) in [4.78, 5) is 32.6. The molecule has 2 saturated heterocycles. The van der Waals surface area contributed by atoms with Crippen molar-refractivity contribution in [3.63, 3.8) is 0 Å². The standard InChI is InChI=1S/C19H17ClN2O3/c1-2-21-18(23)15-16(12-6-4-3-5-7-12)22(25-17(15)19(21)24)14-10-8-13(20)9-11-14/h3-11,15-17H,2H2,1H3/t15-,16-,17+/m1/s1. The second-order valence-electron chi connectivity index (χ2n) is 6.13. The zero-order valence-electron chi connectivity index (χ0n) is 13.6. The van der Waals surface area contributed by atoms with Crippen LogP contribution in [0.2, 0.25) is 5.02 Å². The molecule has 2 amide bonds. The Kier molecular flexibility index (Phi) is 3.98. The van der Waals surface area contributed by atoms with Crippen LogP contribution in [-0.4, -0.2) is 29.4 Å². The monoisotopic (exact) mass is 356 g/mol. The fourth-order valence-corrected chi connectivity index (χ4v) is 3.71. The second-order valence-corrected chi connectivity index (χ2v) is 6.57. The van der Waals surface area contributed by atoms with Gasteiger partial charge < -0.3 is 0 Å². The summed E-state index contributed by atoms with van der Waals surface area (Å²) in [6.45, 7) is 2.15. The maximum Gasteiger partial charge on any atom is 0.261 e. The second kappa shape index (κ2) is 6.17. The molecule has 6 heteroatoms. The van der Waals surface area contributed by atoms with Gasteiger partial charge in [0, 0.05) is 11.6 Å². The number of benzene rings is 2. The van der Waals surface area contributed by atoms with E-state index < -0.39 is 12.0 Å². The Morgan fingerprint density at radius 3 is 2.32 bits per heavy atom. The van der Waals surface area contributed by atoms with E-state index in [1.165, 1.54) is 4.90 Å². The maximum atomic E-state index is 12.8. The minimum atomic E-state index is -0.784. The van der Waals surface area contributed by atoms with Crippen molar-refractivity contribution in [2.24, 2.45) is 5.92 Å². The van der Waals surface area contributed by atoms with E-state index in [0.29, 0.717) is 11.6 Å². The summed E-state index contributed by atoms with van der Waals surface area (Å²) < 4.78 is 0. The molecule has 2 aliphatic heterocycles. The lowest BCUT2D eigenvalue weighted by molar-refractivity contribution is -0.142. The van der Waals surface area contributed by atoms with Crippen molar-refractivity contribution in [2.45, 2.75) is 19.1 Å². The van der Waals surface area contributed by atoms with Gasteiger partial charge in [-0.3, -0.25) is 19.3 Å². The van der Waals surface area contributed by atoms with E-state index in [2.05, 4.69) is 0 Å². The summed E-state index contributed by atoms with van der Waals surface area (Å²) >= 11 is 5.98. The number of likely N-dealkylation sites (tertiary alicyclic amines) is 1. The fraction of sp³-hybridized carbons (Fsp3) is 0.263. The quantitative estimate of drug-likeness (QED) is 0.792. The van der Waals surface area contributed by atoms with E-state index in [4.69, 9.17) is 16.4 Å². The first kappa shape index (κ1) is 16.1. The van der Waals surface area contributed by atoms with Crippen LogP contribution in [0.1, 0.15) is 18.5 Å². The lowest BCUT2D eigenvalue weighted by atomic mass is 9.90. The van der Waals surface area contributed by atoms with E-state index in [1.807, 2.05) is 42.5 Å². The number of nitrogens with zero attached hydrogens (tertiary/aromatic N) is 2. The third-order valence-electron chi connectivity index (χ3n) is 4.75. The molecule has 2 aliphatic rings. The van der Waals surface area contributed by atoms with Gasteiger partial charge in [0.2, 0.25) is 5.91 Å². The summed E-state index contributed by atoms with van der Waals surface area (Å²) in [5.41, 5.74) is 1.69.